The Hall–Kier alpha value is 3.36. The van der Waals surface area contributed by atoms with Gasteiger partial charge in [0, 0.05) is 0 Å². The number of rotatable bonds is 4. The maximum absolute atomic E-state index is 4.93. The van der Waals surface area contributed by atoms with Gasteiger partial charge in [0.25, 0.3) is 0 Å². The Kier molecular flexibility index (Phi) is 26.5. The molecule has 0 spiro atoms. The Bertz CT molecular complexity index is 813. The number of hydrogen-bond acceptors (Lipinski definition) is 0. The fourth-order valence-corrected chi connectivity index (χ4v) is 26.1. The molecule has 0 N–H and O–H groups in total. The molecule has 0 bridgehead atoms. The van der Waals surface area contributed by atoms with Gasteiger partial charge >= 0.3 is 75.7 Å². The Morgan fingerprint density at radius 2 is 0.481 bits per heavy atom. The maximum atomic E-state index is 4.93. The zero-order valence-corrected chi connectivity index (χ0v) is 45.4. The number of halogens is 4. The number of fused-ring (bicyclic) bond motifs is 4. The van der Waals surface area contributed by atoms with Gasteiger partial charge in [-0.2, -0.15) is 0 Å². The molecule has 8 rings (SSSR count). The first-order chi connectivity index (χ1) is 23.2. The summed E-state index contributed by atoms with van der Waals surface area (Å²) >= 11 is -1.65. The molecule has 0 aromatic carbocycles. The van der Waals surface area contributed by atoms with Crippen molar-refractivity contribution in [2.45, 2.75) is 202 Å². The van der Waals surface area contributed by atoms with Crippen molar-refractivity contribution in [1.29, 1.82) is 0 Å². The van der Waals surface area contributed by atoms with Crippen molar-refractivity contribution in [3.05, 3.63) is 29.7 Å². The van der Waals surface area contributed by atoms with Crippen LogP contribution in [-0.4, -0.2) is 16.1 Å². The summed E-state index contributed by atoms with van der Waals surface area (Å²) in [5, 5.41) is 0. The molecule has 0 heterocycles. The molecule has 0 saturated heterocycles. The molecule has 8 aliphatic rings. The van der Waals surface area contributed by atoms with E-state index in [2.05, 4.69) is 26.2 Å². The van der Waals surface area contributed by atoms with Crippen LogP contribution >= 0.6 is 34.1 Å². The summed E-state index contributed by atoms with van der Waals surface area (Å²) in [5.74, 6) is 9.29. The SMILES string of the molecule is C[Si](C)(C1CCC2CCCCC21)C1CCC2CCCCC21.C[Si](C)(C1CCC2CCCCC21)C1CCC2CCCCC21.[CH3-].[CH3-].[CH3-].[CH3-].[Cl][Zr+2][Cl].[Cl][Zr+2][Cl]. The van der Waals surface area contributed by atoms with Crippen LogP contribution in [0.2, 0.25) is 48.4 Å². The van der Waals surface area contributed by atoms with E-state index in [1.54, 1.807) is 154 Å². The predicted molar refractivity (Wildman–Crippen MR) is 238 cm³/mol. The van der Waals surface area contributed by atoms with Gasteiger partial charge in [-0.25, -0.2) is 0 Å². The molecule has 8 fully saturated rings. The third-order valence-electron chi connectivity index (χ3n) is 17.2. The van der Waals surface area contributed by atoms with E-state index in [0.29, 0.717) is 0 Å². The second-order valence-corrected chi connectivity index (χ2v) is 37.1. The first-order valence-corrected chi connectivity index (χ1v) is 40.1. The fourth-order valence-electron chi connectivity index (χ4n) is 15.2. The van der Waals surface area contributed by atoms with Gasteiger partial charge in [-0.15, -0.1) is 0 Å². The summed E-state index contributed by atoms with van der Waals surface area (Å²) in [7, 11) is 17.6. The molecule has 0 aliphatic heterocycles. The molecule has 0 aromatic heterocycles. The average molecular weight is 994 g/mol. The Labute approximate surface area is 367 Å². The zero-order chi connectivity index (χ0) is 34.3. The quantitative estimate of drug-likeness (QED) is 0.195. The van der Waals surface area contributed by atoms with Crippen LogP contribution < -0.4 is 0 Å². The van der Waals surface area contributed by atoms with Crippen LogP contribution in [0.3, 0.4) is 0 Å². The van der Waals surface area contributed by atoms with Crippen LogP contribution in [-0.2, 0) is 41.7 Å². The van der Waals surface area contributed by atoms with Crippen LogP contribution in [0.4, 0.5) is 0 Å². The van der Waals surface area contributed by atoms with Gasteiger partial charge in [-0.05, 0) is 69.5 Å². The van der Waals surface area contributed by atoms with E-state index in [1.165, 1.54) is 45.8 Å². The van der Waals surface area contributed by atoms with Crippen molar-refractivity contribution in [2.75, 3.05) is 0 Å². The van der Waals surface area contributed by atoms with Crippen LogP contribution in [0.1, 0.15) is 154 Å². The van der Waals surface area contributed by atoms with Crippen molar-refractivity contribution in [1.82, 2.24) is 0 Å². The van der Waals surface area contributed by atoms with Gasteiger partial charge in [-0.1, -0.05) is 180 Å². The second-order valence-electron chi connectivity index (χ2n) is 19.4. The Morgan fingerprint density at radius 1 is 0.308 bits per heavy atom. The van der Waals surface area contributed by atoms with E-state index in [9.17, 15) is 0 Å². The van der Waals surface area contributed by atoms with Crippen molar-refractivity contribution in [3.8, 4) is 0 Å². The van der Waals surface area contributed by atoms with Gasteiger partial charge < -0.3 is 29.7 Å². The van der Waals surface area contributed by atoms with Crippen molar-refractivity contribution >= 4 is 50.2 Å². The Balaban J connectivity index is 0.000000424. The van der Waals surface area contributed by atoms with Gasteiger partial charge in [0.2, 0.25) is 0 Å². The predicted octanol–water partition coefficient (Wildman–Crippen LogP) is 17.8. The minimum absolute atomic E-state index is 0. The van der Waals surface area contributed by atoms with E-state index >= 15 is 0 Å². The van der Waals surface area contributed by atoms with E-state index in [4.69, 9.17) is 34.1 Å². The van der Waals surface area contributed by atoms with Crippen molar-refractivity contribution in [3.63, 3.8) is 0 Å². The van der Waals surface area contributed by atoms with E-state index in [1.807, 2.05) is 0 Å². The normalized spacial score (nSPS) is 38.5. The van der Waals surface area contributed by atoms with E-state index < -0.39 is 57.8 Å². The molecule has 0 nitrogen and oxygen atoms in total. The summed E-state index contributed by atoms with van der Waals surface area (Å²) in [4.78, 5) is 0. The molecule has 12 atom stereocenters. The monoisotopic (exact) mass is 988 g/mol. The first-order valence-electron chi connectivity index (χ1n) is 21.1. The van der Waals surface area contributed by atoms with Crippen molar-refractivity contribution in [2.24, 2.45) is 47.3 Å². The van der Waals surface area contributed by atoms with Crippen LogP contribution in [0.15, 0.2) is 0 Å². The van der Waals surface area contributed by atoms with Crippen molar-refractivity contribution < 1.29 is 41.7 Å². The third-order valence-corrected chi connectivity index (χ3v) is 27.7. The summed E-state index contributed by atoms with van der Waals surface area (Å²) < 4.78 is 0. The van der Waals surface area contributed by atoms with Gasteiger partial charge in [0.15, 0.2) is 0 Å². The van der Waals surface area contributed by atoms with Gasteiger partial charge in [-0.3, -0.25) is 0 Å². The molecule has 0 aromatic rings. The Morgan fingerprint density at radius 3 is 0.673 bits per heavy atom. The summed E-state index contributed by atoms with van der Waals surface area (Å²) in [5.41, 5.74) is 4.81. The number of hydrogen-bond donors (Lipinski definition) is 0. The van der Waals surface area contributed by atoms with Crippen LogP contribution in [0.5, 0.6) is 0 Å². The van der Waals surface area contributed by atoms with E-state index in [0.717, 1.165) is 23.7 Å². The molecule has 0 radical (unpaired) electrons. The topological polar surface area (TPSA) is 0 Å². The molecule has 304 valence electrons. The fraction of sp³-hybridized carbons (Fsp3) is 0.909. The summed E-state index contributed by atoms with van der Waals surface area (Å²) in [6.07, 6.45) is 38.1. The molecule has 8 saturated carbocycles. The second kappa shape index (κ2) is 25.9. The van der Waals surface area contributed by atoms with Gasteiger partial charge in [0.05, 0.1) is 16.1 Å². The first kappa shape index (κ1) is 53.4. The van der Waals surface area contributed by atoms with E-state index in [-0.39, 0.29) is 29.7 Å². The molecule has 8 aliphatic carbocycles. The van der Waals surface area contributed by atoms with Crippen LogP contribution in [0, 0.1) is 77.0 Å². The average Bonchev–Trinajstić information content (AvgIpc) is 3.90. The van der Waals surface area contributed by atoms with Gasteiger partial charge in [0.1, 0.15) is 0 Å². The third kappa shape index (κ3) is 12.7. The molecular formula is C44H84Cl4Si2Zr2. The van der Waals surface area contributed by atoms with Crippen LogP contribution in [0.25, 0.3) is 0 Å². The molecular weight excluding hydrogens is 909 g/mol. The zero-order valence-electron chi connectivity index (χ0n) is 35.4. The summed E-state index contributed by atoms with van der Waals surface area (Å²) in [6.45, 7) is 11.3. The molecule has 12 unspecified atom stereocenters. The summed E-state index contributed by atoms with van der Waals surface area (Å²) in [6, 6.07) is 0. The standard InChI is InChI=1S/2C20H36Si.4CH3.4ClH.2Zr/c2*1-21(2,19-13-11-15-7-3-5-9-17(15)19)20-14-12-16-8-4-6-10-18(16)20;;;;;;;;;;/h2*15-20H,3-14H2,1-2H3;4*1H3;4*1H;;/q;;4*-1;;;;;2*+4/p-4. The minimum atomic E-state index is -1.05. The molecule has 52 heavy (non-hydrogen) atoms. The molecule has 0 amide bonds. The molecule has 8 heteroatoms.